The minimum Gasteiger partial charge on any atom is -0.480 e. The van der Waals surface area contributed by atoms with E-state index in [0.717, 1.165) is 5.56 Å². The molecule has 0 bridgehead atoms. The quantitative estimate of drug-likeness (QED) is 0.790. The highest BCUT2D eigenvalue weighted by Gasteiger charge is 2.17. The van der Waals surface area contributed by atoms with Gasteiger partial charge in [-0.05, 0) is 18.6 Å². The lowest BCUT2D eigenvalue weighted by Gasteiger charge is -2.19. The molecule has 0 radical (unpaired) electrons. The van der Waals surface area contributed by atoms with Crippen molar-refractivity contribution in [2.45, 2.75) is 26.2 Å². The number of aliphatic carboxylic acids is 1. The van der Waals surface area contributed by atoms with E-state index in [2.05, 4.69) is 4.98 Å². The van der Waals surface area contributed by atoms with Gasteiger partial charge in [0.1, 0.15) is 6.54 Å². The lowest BCUT2D eigenvalue weighted by molar-refractivity contribution is -0.144. The first-order chi connectivity index (χ1) is 11.5. The van der Waals surface area contributed by atoms with Crippen molar-refractivity contribution in [1.82, 2.24) is 9.88 Å². The maximum absolute atomic E-state index is 12.1. The van der Waals surface area contributed by atoms with E-state index >= 15 is 0 Å². The molecule has 0 aliphatic rings. The third-order valence-corrected chi connectivity index (χ3v) is 3.75. The molecule has 128 valence electrons. The fraction of sp³-hybridized carbons (Fsp3) is 0.353. The Bertz CT molecular complexity index is 714. The van der Waals surface area contributed by atoms with Crippen LogP contribution in [0.1, 0.15) is 25.7 Å². The molecule has 0 atom stereocenters. The van der Waals surface area contributed by atoms with Crippen LogP contribution < -0.4 is 0 Å². The van der Waals surface area contributed by atoms with Gasteiger partial charge in [-0.15, -0.1) is 0 Å². The molecule has 2 aromatic rings. The Morgan fingerprint density at radius 2 is 2.08 bits per heavy atom. The number of carbonyl (C=O) groups excluding carboxylic acids is 1. The highest BCUT2D eigenvalue weighted by molar-refractivity contribution is 6.33. The number of benzene rings is 1. The second-order valence-corrected chi connectivity index (χ2v) is 5.71. The van der Waals surface area contributed by atoms with Crippen molar-refractivity contribution >= 4 is 23.5 Å². The topological polar surface area (TPSA) is 83.6 Å². The fourth-order valence-corrected chi connectivity index (χ4v) is 2.54. The monoisotopic (exact) mass is 350 g/mol. The van der Waals surface area contributed by atoms with Crippen molar-refractivity contribution in [2.75, 3.05) is 13.1 Å². The largest absolute Gasteiger partial charge is 0.480 e. The number of hydrogen-bond donors (Lipinski definition) is 1. The lowest BCUT2D eigenvalue weighted by Crippen LogP contribution is -2.36. The highest BCUT2D eigenvalue weighted by atomic mass is 35.5. The molecule has 0 saturated heterocycles. The molecule has 7 heteroatoms. The average Bonchev–Trinajstić information content (AvgIpc) is 3.01. The molecular weight excluding hydrogens is 332 g/mol. The predicted molar refractivity (Wildman–Crippen MR) is 89.8 cm³/mol. The summed E-state index contributed by atoms with van der Waals surface area (Å²) in [6, 6.07) is 7.26. The van der Waals surface area contributed by atoms with Crippen molar-refractivity contribution in [3.05, 3.63) is 41.4 Å². The molecule has 1 N–H and O–H groups in total. The number of carbonyl (C=O) groups is 2. The molecule has 1 aromatic carbocycles. The number of carboxylic acids is 1. The van der Waals surface area contributed by atoms with Crippen molar-refractivity contribution in [3.63, 3.8) is 0 Å². The number of aryl methyl sites for hydroxylation is 1. The van der Waals surface area contributed by atoms with Crippen molar-refractivity contribution < 1.29 is 19.1 Å². The zero-order valence-electron chi connectivity index (χ0n) is 13.4. The standard InChI is InChI=1S/C17H19ClN2O4/c1-2-9-20(11-17(22)23)16(21)8-7-15-19-10-14(24-15)12-5-3-4-6-13(12)18/h3-6,10H,2,7-9,11H2,1H3,(H,22,23). The van der Waals surface area contributed by atoms with Crippen LogP contribution in [-0.4, -0.2) is 40.0 Å². The number of oxazole rings is 1. The van der Waals surface area contributed by atoms with Gasteiger partial charge in [0.2, 0.25) is 5.91 Å². The second kappa shape index (κ2) is 8.49. The number of aromatic nitrogens is 1. The molecule has 0 spiro atoms. The second-order valence-electron chi connectivity index (χ2n) is 5.31. The number of amides is 1. The smallest absolute Gasteiger partial charge is 0.323 e. The van der Waals surface area contributed by atoms with E-state index in [0.29, 0.717) is 36.1 Å². The van der Waals surface area contributed by atoms with Crippen LogP contribution in [0.5, 0.6) is 0 Å². The van der Waals surface area contributed by atoms with Gasteiger partial charge >= 0.3 is 5.97 Å². The average molecular weight is 351 g/mol. The minimum atomic E-state index is -1.02. The predicted octanol–water partition coefficient (Wildman–Crippen LogP) is 3.25. The molecule has 1 heterocycles. The Morgan fingerprint density at radius 1 is 1.33 bits per heavy atom. The normalized spacial score (nSPS) is 10.6. The van der Waals surface area contributed by atoms with Gasteiger partial charge in [0.15, 0.2) is 11.7 Å². The maximum Gasteiger partial charge on any atom is 0.323 e. The van der Waals surface area contributed by atoms with Gasteiger partial charge in [0.05, 0.1) is 11.2 Å². The van der Waals surface area contributed by atoms with E-state index in [1.807, 2.05) is 25.1 Å². The first-order valence-corrected chi connectivity index (χ1v) is 8.08. The van der Waals surface area contributed by atoms with E-state index in [1.165, 1.54) is 4.90 Å². The van der Waals surface area contributed by atoms with Crippen LogP contribution in [-0.2, 0) is 16.0 Å². The van der Waals surface area contributed by atoms with Gasteiger partial charge < -0.3 is 14.4 Å². The number of rotatable bonds is 8. The van der Waals surface area contributed by atoms with Crippen LogP contribution in [0.4, 0.5) is 0 Å². The molecule has 0 aliphatic heterocycles. The summed E-state index contributed by atoms with van der Waals surface area (Å²) in [7, 11) is 0. The van der Waals surface area contributed by atoms with Gasteiger partial charge in [-0.2, -0.15) is 0 Å². The molecule has 6 nitrogen and oxygen atoms in total. The summed E-state index contributed by atoms with van der Waals surface area (Å²) in [6.07, 6.45) is 2.73. The molecule has 0 fully saturated rings. The van der Waals surface area contributed by atoms with E-state index in [1.54, 1.807) is 12.3 Å². The Hall–Kier alpha value is -2.34. The van der Waals surface area contributed by atoms with Crippen LogP contribution in [0.3, 0.4) is 0 Å². The summed E-state index contributed by atoms with van der Waals surface area (Å²) in [4.78, 5) is 28.5. The van der Waals surface area contributed by atoms with Gasteiger partial charge in [-0.25, -0.2) is 4.98 Å². The van der Waals surface area contributed by atoms with Crippen LogP contribution in [0.15, 0.2) is 34.9 Å². The molecular formula is C17H19ClN2O4. The molecule has 2 rings (SSSR count). The summed E-state index contributed by atoms with van der Waals surface area (Å²) < 4.78 is 5.64. The number of halogens is 1. The van der Waals surface area contributed by atoms with Gasteiger partial charge in [-0.3, -0.25) is 9.59 Å². The molecule has 24 heavy (non-hydrogen) atoms. The van der Waals surface area contributed by atoms with Crippen molar-refractivity contribution in [1.29, 1.82) is 0 Å². The fourth-order valence-electron chi connectivity index (χ4n) is 2.31. The van der Waals surface area contributed by atoms with Crippen LogP contribution in [0.25, 0.3) is 11.3 Å². The SMILES string of the molecule is CCCN(CC(=O)O)C(=O)CCc1ncc(-c2ccccc2Cl)o1. The van der Waals surface area contributed by atoms with E-state index < -0.39 is 5.97 Å². The summed E-state index contributed by atoms with van der Waals surface area (Å²) in [5.41, 5.74) is 0.739. The third-order valence-electron chi connectivity index (χ3n) is 3.42. The summed E-state index contributed by atoms with van der Waals surface area (Å²) >= 11 is 6.12. The highest BCUT2D eigenvalue weighted by Crippen LogP contribution is 2.28. The van der Waals surface area contributed by atoms with Gasteiger partial charge in [0, 0.05) is 24.9 Å². The zero-order valence-corrected chi connectivity index (χ0v) is 14.1. The maximum atomic E-state index is 12.1. The van der Waals surface area contributed by atoms with Crippen LogP contribution in [0, 0.1) is 0 Å². The molecule has 1 amide bonds. The summed E-state index contributed by atoms with van der Waals surface area (Å²) in [6.45, 7) is 2.02. The van der Waals surface area contributed by atoms with Crippen molar-refractivity contribution in [3.8, 4) is 11.3 Å². The Kier molecular flexibility index (Phi) is 6.37. The zero-order chi connectivity index (χ0) is 17.5. The van der Waals surface area contributed by atoms with Gasteiger partial charge in [0.25, 0.3) is 0 Å². The van der Waals surface area contributed by atoms with E-state index in [4.69, 9.17) is 21.1 Å². The van der Waals surface area contributed by atoms with Crippen LogP contribution in [0.2, 0.25) is 5.02 Å². The summed E-state index contributed by atoms with van der Waals surface area (Å²) in [5.74, 6) is -0.283. The Labute approximate surface area is 145 Å². The molecule has 0 aliphatic carbocycles. The lowest BCUT2D eigenvalue weighted by atomic mass is 10.2. The molecule has 0 unspecified atom stereocenters. The van der Waals surface area contributed by atoms with Crippen LogP contribution >= 0.6 is 11.6 Å². The third kappa shape index (κ3) is 4.83. The molecule has 0 saturated carbocycles. The van der Waals surface area contributed by atoms with E-state index in [9.17, 15) is 9.59 Å². The Morgan fingerprint density at radius 3 is 2.75 bits per heavy atom. The van der Waals surface area contributed by atoms with E-state index in [-0.39, 0.29) is 18.9 Å². The first kappa shape index (κ1) is 18.0. The van der Waals surface area contributed by atoms with Gasteiger partial charge in [-0.1, -0.05) is 30.7 Å². The summed E-state index contributed by atoms with van der Waals surface area (Å²) in [5, 5.41) is 9.42. The molecule has 1 aromatic heterocycles. The number of nitrogens with zero attached hydrogens (tertiary/aromatic N) is 2. The first-order valence-electron chi connectivity index (χ1n) is 7.70. The number of hydrogen-bond acceptors (Lipinski definition) is 4. The minimum absolute atomic E-state index is 0.149. The Balaban J connectivity index is 1.98. The van der Waals surface area contributed by atoms with Crippen molar-refractivity contribution in [2.24, 2.45) is 0 Å². The number of carboxylic acid groups (broad SMARTS) is 1.